The van der Waals surface area contributed by atoms with Gasteiger partial charge in [-0.2, -0.15) is 0 Å². The number of allylic oxidation sites excluding steroid dienone is 2. The summed E-state index contributed by atoms with van der Waals surface area (Å²) in [6.07, 6.45) is 13.8. The van der Waals surface area contributed by atoms with E-state index in [1.165, 1.54) is 51.4 Å². The van der Waals surface area contributed by atoms with Gasteiger partial charge in [-0.15, -0.1) is 0 Å². The molecule has 0 atom stereocenters. The standard InChI is InChI=1S/C13H26O/c1-3-4-5-6-7-8-9-10-11-12-13(2)14/h12,14H,3-11H2,1-2H3. The van der Waals surface area contributed by atoms with Crippen LogP contribution in [0.5, 0.6) is 0 Å². The highest BCUT2D eigenvalue weighted by atomic mass is 16.3. The molecule has 0 fully saturated rings. The van der Waals surface area contributed by atoms with E-state index in [4.69, 9.17) is 5.11 Å². The molecule has 1 N–H and O–H groups in total. The van der Waals surface area contributed by atoms with E-state index >= 15 is 0 Å². The normalized spacial score (nSPS) is 12.0. The van der Waals surface area contributed by atoms with Crippen molar-refractivity contribution in [3.8, 4) is 0 Å². The van der Waals surface area contributed by atoms with E-state index in [0.29, 0.717) is 5.76 Å². The van der Waals surface area contributed by atoms with Gasteiger partial charge in [0, 0.05) is 0 Å². The van der Waals surface area contributed by atoms with Gasteiger partial charge in [0.2, 0.25) is 0 Å². The third-order valence-corrected chi connectivity index (χ3v) is 2.50. The molecule has 0 unspecified atom stereocenters. The zero-order valence-electron chi connectivity index (χ0n) is 9.89. The first-order valence-electron chi connectivity index (χ1n) is 6.13. The average Bonchev–Trinajstić information content (AvgIpc) is 2.15. The zero-order chi connectivity index (χ0) is 10.6. The topological polar surface area (TPSA) is 20.2 Å². The van der Waals surface area contributed by atoms with Gasteiger partial charge in [0.15, 0.2) is 0 Å². The molecule has 0 heterocycles. The Morgan fingerprint density at radius 2 is 1.43 bits per heavy atom. The predicted octanol–water partition coefficient (Wildman–Crippen LogP) is 4.98. The van der Waals surface area contributed by atoms with Gasteiger partial charge in [0.25, 0.3) is 0 Å². The molecule has 1 heteroatoms. The van der Waals surface area contributed by atoms with Crippen molar-refractivity contribution < 1.29 is 5.11 Å². The monoisotopic (exact) mass is 198 g/mol. The summed E-state index contributed by atoms with van der Waals surface area (Å²) < 4.78 is 0. The lowest BCUT2D eigenvalue weighted by Crippen LogP contribution is -1.80. The average molecular weight is 198 g/mol. The van der Waals surface area contributed by atoms with Crippen LogP contribution in [0, 0.1) is 0 Å². The summed E-state index contributed by atoms with van der Waals surface area (Å²) in [5.74, 6) is 0.466. The highest BCUT2D eigenvalue weighted by Crippen LogP contribution is 2.09. The summed E-state index contributed by atoms with van der Waals surface area (Å²) in [5.41, 5.74) is 0. The quantitative estimate of drug-likeness (QED) is 0.409. The van der Waals surface area contributed by atoms with Crippen LogP contribution in [0.1, 0.15) is 71.6 Å². The van der Waals surface area contributed by atoms with Gasteiger partial charge >= 0.3 is 0 Å². The van der Waals surface area contributed by atoms with Crippen molar-refractivity contribution in [1.29, 1.82) is 0 Å². The fraction of sp³-hybridized carbons (Fsp3) is 0.846. The van der Waals surface area contributed by atoms with E-state index in [0.717, 1.165) is 6.42 Å². The fourth-order valence-corrected chi connectivity index (χ4v) is 1.59. The molecule has 0 saturated heterocycles. The van der Waals surface area contributed by atoms with Gasteiger partial charge in [-0.3, -0.25) is 0 Å². The Kier molecular flexibility index (Phi) is 10.3. The van der Waals surface area contributed by atoms with Crippen LogP contribution in [0.15, 0.2) is 11.8 Å². The summed E-state index contributed by atoms with van der Waals surface area (Å²) in [7, 11) is 0. The molecule has 0 spiro atoms. The minimum absolute atomic E-state index is 0.466. The molecule has 0 aliphatic rings. The van der Waals surface area contributed by atoms with Crippen LogP contribution in [-0.2, 0) is 0 Å². The van der Waals surface area contributed by atoms with E-state index < -0.39 is 0 Å². The molecule has 1 nitrogen and oxygen atoms in total. The van der Waals surface area contributed by atoms with Gasteiger partial charge in [-0.05, 0) is 25.8 Å². The Labute approximate surface area is 89.2 Å². The molecule has 0 aromatic rings. The number of aliphatic hydroxyl groups is 1. The highest BCUT2D eigenvalue weighted by Gasteiger charge is 1.90. The van der Waals surface area contributed by atoms with Crippen LogP contribution in [0.2, 0.25) is 0 Å². The lowest BCUT2D eigenvalue weighted by Gasteiger charge is -1.99. The van der Waals surface area contributed by atoms with Crippen LogP contribution in [0.4, 0.5) is 0 Å². The van der Waals surface area contributed by atoms with E-state index in [2.05, 4.69) is 6.92 Å². The van der Waals surface area contributed by atoms with Crippen LogP contribution < -0.4 is 0 Å². The van der Waals surface area contributed by atoms with E-state index in [-0.39, 0.29) is 0 Å². The number of unbranched alkanes of at least 4 members (excludes halogenated alkanes) is 8. The summed E-state index contributed by atoms with van der Waals surface area (Å²) in [6, 6.07) is 0. The lowest BCUT2D eigenvalue weighted by atomic mass is 10.1. The largest absolute Gasteiger partial charge is 0.513 e. The molecular formula is C13H26O. The smallest absolute Gasteiger partial charge is 0.0851 e. The Morgan fingerprint density at radius 1 is 0.929 bits per heavy atom. The van der Waals surface area contributed by atoms with Crippen LogP contribution in [0.3, 0.4) is 0 Å². The van der Waals surface area contributed by atoms with Gasteiger partial charge in [0.05, 0.1) is 5.76 Å². The first-order chi connectivity index (χ1) is 6.77. The van der Waals surface area contributed by atoms with Gasteiger partial charge in [-0.1, -0.05) is 51.9 Å². The number of hydrogen-bond acceptors (Lipinski definition) is 1. The Hall–Kier alpha value is -0.460. The van der Waals surface area contributed by atoms with Crippen molar-refractivity contribution in [2.75, 3.05) is 0 Å². The lowest BCUT2D eigenvalue weighted by molar-refractivity contribution is 0.410. The zero-order valence-corrected chi connectivity index (χ0v) is 9.89. The summed E-state index contributed by atoms with van der Waals surface area (Å²) in [6.45, 7) is 3.99. The molecule has 0 amide bonds. The molecule has 84 valence electrons. The molecule has 0 aliphatic heterocycles. The number of rotatable bonds is 9. The highest BCUT2D eigenvalue weighted by molar-refractivity contribution is 4.85. The van der Waals surface area contributed by atoms with Crippen LogP contribution in [0.25, 0.3) is 0 Å². The van der Waals surface area contributed by atoms with Gasteiger partial charge in [0.1, 0.15) is 0 Å². The molecule has 0 aliphatic carbocycles. The minimum Gasteiger partial charge on any atom is -0.513 e. The van der Waals surface area contributed by atoms with Crippen molar-refractivity contribution in [2.24, 2.45) is 0 Å². The second kappa shape index (κ2) is 10.6. The predicted molar refractivity (Wildman–Crippen MR) is 63.6 cm³/mol. The fourth-order valence-electron chi connectivity index (χ4n) is 1.59. The van der Waals surface area contributed by atoms with Crippen molar-refractivity contribution in [2.45, 2.75) is 71.6 Å². The maximum atomic E-state index is 8.91. The maximum Gasteiger partial charge on any atom is 0.0851 e. The van der Waals surface area contributed by atoms with Crippen molar-refractivity contribution in [3.05, 3.63) is 11.8 Å². The van der Waals surface area contributed by atoms with E-state index in [9.17, 15) is 0 Å². The van der Waals surface area contributed by atoms with Crippen molar-refractivity contribution in [3.63, 3.8) is 0 Å². The third-order valence-electron chi connectivity index (χ3n) is 2.50. The van der Waals surface area contributed by atoms with Crippen molar-refractivity contribution >= 4 is 0 Å². The number of aliphatic hydroxyl groups excluding tert-OH is 1. The SMILES string of the molecule is CCCCCCCCCCC=C(C)O. The Bertz CT molecular complexity index is 134. The summed E-state index contributed by atoms with van der Waals surface area (Å²) in [5, 5.41) is 8.91. The first kappa shape index (κ1) is 13.5. The third kappa shape index (κ3) is 11.5. The molecule has 0 aromatic carbocycles. The van der Waals surface area contributed by atoms with E-state index in [1.54, 1.807) is 6.92 Å². The Morgan fingerprint density at radius 3 is 1.93 bits per heavy atom. The van der Waals surface area contributed by atoms with E-state index in [1.807, 2.05) is 6.08 Å². The second-order valence-corrected chi connectivity index (χ2v) is 4.11. The second-order valence-electron chi connectivity index (χ2n) is 4.11. The molecular weight excluding hydrogens is 172 g/mol. The molecule has 14 heavy (non-hydrogen) atoms. The Balaban J connectivity index is 2.96. The number of hydrogen-bond donors (Lipinski definition) is 1. The minimum atomic E-state index is 0.466. The molecule has 0 radical (unpaired) electrons. The molecule has 0 rings (SSSR count). The van der Waals surface area contributed by atoms with Gasteiger partial charge < -0.3 is 5.11 Å². The molecule has 0 saturated carbocycles. The molecule has 0 bridgehead atoms. The van der Waals surface area contributed by atoms with Gasteiger partial charge in [-0.25, -0.2) is 0 Å². The first-order valence-corrected chi connectivity index (χ1v) is 6.13. The molecule has 0 aromatic heterocycles. The van der Waals surface area contributed by atoms with Crippen molar-refractivity contribution in [1.82, 2.24) is 0 Å². The maximum absolute atomic E-state index is 8.91. The van der Waals surface area contributed by atoms with Crippen LogP contribution in [-0.4, -0.2) is 5.11 Å². The van der Waals surface area contributed by atoms with Crippen LogP contribution >= 0.6 is 0 Å². The summed E-state index contributed by atoms with van der Waals surface area (Å²) >= 11 is 0. The summed E-state index contributed by atoms with van der Waals surface area (Å²) in [4.78, 5) is 0.